The lowest BCUT2D eigenvalue weighted by Gasteiger charge is -2.31. The first-order chi connectivity index (χ1) is 7.68. The van der Waals surface area contributed by atoms with Gasteiger partial charge in [-0.15, -0.1) is 0 Å². The van der Waals surface area contributed by atoms with E-state index in [1.807, 2.05) is 4.90 Å². The molecule has 0 radical (unpaired) electrons. The SMILES string of the molecule is CC1CCN(c2nccnc2C(=O)O)CC1. The zero-order valence-electron chi connectivity index (χ0n) is 9.26. The second-order valence-corrected chi connectivity index (χ2v) is 4.20. The lowest BCUT2D eigenvalue weighted by atomic mass is 9.99. The predicted octanol–water partition coefficient (Wildman–Crippen LogP) is 1.41. The Kier molecular flexibility index (Phi) is 3.03. The zero-order valence-corrected chi connectivity index (χ0v) is 9.26. The third kappa shape index (κ3) is 2.13. The van der Waals surface area contributed by atoms with Crippen LogP contribution >= 0.6 is 0 Å². The van der Waals surface area contributed by atoms with Crippen LogP contribution in [0.1, 0.15) is 30.3 Å². The molecule has 16 heavy (non-hydrogen) atoms. The van der Waals surface area contributed by atoms with Crippen LogP contribution in [0.15, 0.2) is 12.4 Å². The van der Waals surface area contributed by atoms with Gasteiger partial charge >= 0.3 is 5.97 Å². The van der Waals surface area contributed by atoms with Gasteiger partial charge in [0.25, 0.3) is 0 Å². The first-order valence-electron chi connectivity index (χ1n) is 5.47. The van der Waals surface area contributed by atoms with Gasteiger partial charge in [0.1, 0.15) is 0 Å². The summed E-state index contributed by atoms with van der Waals surface area (Å²) >= 11 is 0. The minimum atomic E-state index is -1.01. The molecule has 0 bridgehead atoms. The molecule has 1 aliphatic heterocycles. The number of nitrogens with zero attached hydrogens (tertiary/aromatic N) is 3. The monoisotopic (exact) mass is 221 g/mol. The van der Waals surface area contributed by atoms with Gasteiger partial charge in [-0.25, -0.2) is 14.8 Å². The molecule has 1 aromatic heterocycles. The van der Waals surface area contributed by atoms with Crippen LogP contribution in [0, 0.1) is 5.92 Å². The number of hydrogen-bond acceptors (Lipinski definition) is 4. The molecule has 5 heteroatoms. The Hall–Kier alpha value is -1.65. The number of carbonyl (C=O) groups is 1. The Morgan fingerprint density at radius 2 is 2.00 bits per heavy atom. The van der Waals surface area contributed by atoms with Crippen molar-refractivity contribution >= 4 is 11.8 Å². The normalized spacial score (nSPS) is 17.4. The summed E-state index contributed by atoms with van der Waals surface area (Å²) in [7, 11) is 0. The fourth-order valence-electron chi connectivity index (χ4n) is 1.93. The molecule has 0 aromatic carbocycles. The van der Waals surface area contributed by atoms with E-state index in [9.17, 15) is 4.79 Å². The van der Waals surface area contributed by atoms with Crippen LogP contribution in [0.3, 0.4) is 0 Å². The number of anilines is 1. The lowest BCUT2D eigenvalue weighted by molar-refractivity contribution is 0.0690. The molecule has 1 aromatic rings. The molecule has 1 saturated heterocycles. The van der Waals surface area contributed by atoms with Gasteiger partial charge in [0.15, 0.2) is 11.5 Å². The van der Waals surface area contributed by atoms with Crippen LogP contribution in [0.25, 0.3) is 0 Å². The summed E-state index contributed by atoms with van der Waals surface area (Å²) in [4.78, 5) is 21.0. The Bertz CT molecular complexity index is 387. The lowest BCUT2D eigenvalue weighted by Crippen LogP contribution is -2.34. The molecule has 2 heterocycles. The summed E-state index contributed by atoms with van der Waals surface area (Å²) in [5, 5.41) is 9.02. The number of hydrogen-bond donors (Lipinski definition) is 1. The summed E-state index contributed by atoms with van der Waals surface area (Å²) in [6.45, 7) is 3.94. The van der Waals surface area contributed by atoms with Crippen molar-refractivity contribution in [3.05, 3.63) is 18.1 Å². The number of aromatic carboxylic acids is 1. The van der Waals surface area contributed by atoms with Gasteiger partial charge in [-0.3, -0.25) is 0 Å². The predicted molar refractivity (Wildman–Crippen MR) is 59.6 cm³/mol. The second-order valence-electron chi connectivity index (χ2n) is 4.20. The summed E-state index contributed by atoms with van der Waals surface area (Å²) in [6, 6.07) is 0. The summed E-state index contributed by atoms with van der Waals surface area (Å²) < 4.78 is 0. The third-order valence-electron chi connectivity index (χ3n) is 2.96. The Morgan fingerprint density at radius 1 is 1.38 bits per heavy atom. The van der Waals surface area contributed by atoms with E-state index in [2.05, 4.69) is 16.9 Å². The van der Waals surface area contributed by atoms with Gasteiger partial charge < -0.3 is 10.0 Å². The minimum absolute atomic E-state index is 0.0528. The summed E-state index contributed by atoms with van der Waals surface area (Å²) in [6.07, 6.45) is 5.12. The molecule has 5 nitrogen and oxygen atoms in total. The van der Waals surface area contributed by atoms with Crippen molar-refractivity contribution < 1.29 is 9.90 Å². The number of carboxylic acid groups (broad SMARTS) is 1. The molecule has 0 saturated carbocycles. The molecule has 2 rings (SSSR count). The van der Waals surface area contributed by atoms with Gasteiger partial charge in [-0.05, 0) is 18.8 Å². The van der Waals surface area contributed by atoms with Crippen molar-refractivity contribution in [2.24, 2.45) is 5.92 Å². The first kappa shape index (κ1) is 10.9. The van der Waals surface area contributed by atoms with Crippen LogP contribution in [0.5, 0.6) is 0 Å². The number of piperidine rings is 1. The van der Waals surface area contributed by atoms with E-state index in [1.54, 1.807) is 6.20 Å². The summed E-state index contributed by atoms with van der Waals surface area (Å²) in [5.74, 6) is 0.199. The minimum Gasteiger partial charge on any atom is -0.476 e. The highest BCUT2D eigenvalue weighted by molar-refractivity contribution is 5.90. The average Bonchev–Trinajstić information content (AvgIpc) is 2.30. The number of rotatable bonds is 2. The van der Waals surface area contributed by atoms with Crippen LogP contribution < -0.4 is 4.90 Å². The fourth-order valence-corrected chi connectivity index (χ4v) is 1.93. The van der Waals surface area contributed by atoms with Gasteiger partial charge in [-0.2, -0.15) is 0 Å². The topological polar surface area (TPSA) is 66.3 Å². The van der Waals surface area contributed by atoms with Gasteiger partial charge in [-0.1, -0.05) is 6.92 Å². The van der Waals surface area contributed by atoms with Crippen molar-refractivity contribution in [2.75, 3.05) is 18.0 Å². The molecular weight excluding hydrogens is 206 g/mol. The maximum Gasteiger partial charge on any atom is 0.358 e. The van der Waals surface area contributed by atoms with Gasteiger partial charge in [0.2, 0.25) is 0 Å². The fraction of sp³-hybridized carbons (Fsp3) is 0.545. The van der Waals surface area contributed by atoms with E-state index in [-0.39, 0.29) is 5.69 Å². The average molecular weight is 221 g/mol. The van der Waals surface area contributed by atoms with E-state index >= 15 is 0 Å². The van der Waals surface area contributed by atoms with Crippen molar-refractivity contribution in [2.45, 2.75) is 19.8 Å². The molecule has 1 fully saturated rings. The maximum absolute atomic E-state index is 11.0. The van der Waals surface area contributed by atoms with Gasteiger partial charge in [0, 0.05) is 25.5 Å². The standard InChI is InChI=1S/C11H15N3O2/c1-8-2-6-14(7-3-8)10-9(11(15)16)12-4-5-13-10/h4-5,8H,2-3,6-7H2,1H3,(H,15,16). The van der Waals surface area contributed by atoms with E-state index in [0.717, 1.165) is 25.9 Å². The van der Waals surface area contributed by atoms with E-state index < -0.39 is 5.97 Å². The Morgan fingerprint density at radius 3 is 2.62 bits per heavy atom. The molecule has 0 unspecified atom stereocenters. The van der Waals surface area contributed by atoms with E-state index in [4.69, 9.17) is 5.11 Å². The second kappa shape index (κ2) is 4.47. The largest absolute Gasteiger partial charge is 0.476 e. The molecule has 0 spiro atoms. The molecule has 86 valence electrons. The molecule has 0 amide bonds. The Labute approximate surface area is 94.1 Å². The van der Waals surface area contributed by atoms with Crippen molar-refractivity contribution in [3.8, 4) is 0 Å². The zero-order chi connectivity index (χ0) is 11.5. The number of aromatic nitrogens is 2. The van der Waals surface area contributed by atoms with Crippen molar-refractivity contribution in [1.29, 1.82) is 0 Å². The smallest absolute Gasteiger partial charge is 0.358 e. The van der Waals surface area contributed by atoms with E-state index in [0.29, 0.717) is 11.7 Å². The van der Waals surface area contributed by atoms with Crippen molar-refractivity contribution in [1.82, 2.24) is 9.97 Å². The van der Waals surface area contributed by atoms with Crippen LogP contribution in [-0.4, -0.2) is 34.1 Å². The quantitative estimate of drug-likeness (QED) is 0.817. The third-order valence-corrected chi connectivity index (χ3v) is 2.96. The molecule has 0 atom stereocenters. The first-order valence-corrected chi connectivity index (χ1v) is 5.47. The highest BCUT2D eigenvalue weighted by Crippen LogP contribution is 2.22. The number of carboxylic acids is 1. The highest BCUT2D eigenvalue weighted by Gasteiger charge is 2.22. The van der Waals surface area contributed by atoms with Gasteiger partial charge in [0.05, 0.1) is 0 Å². The molecular formula is C11H15N3O2. The van der Waals surface area contributed by atoms with E-state index in [1.165, 1.54) is 6.20 Å². The molecule has 0 aliphatic carbocycles. The maximum atomic E-state index is 11.0. The van der Waals surface area contributed by atoms with Crippen LogP contribution in [0.2, 0.25) is 0 Å². The molecule has 1 N–H and O–H groups in total. The van der Waals surface area contributed by atoms with Crippen LogP contribution in [0.4, 0.5) is 5.82 Å². The molecule has 1 aliphatic rings. The Balaban J connectivity index is 2.23. The highest BCUT2D eigenvalue weighted by atomic mass is 16.4. The van der Waals surface area contributed by atoms with Crippen molar-refractivity contribution in [3.63, 3.8) is 0 Å². The van der Waals surface area contributed by atoms with Crippen LogP contribution in [-0.2, 0) is 0 Å². The summed E-state index contributed by atoms with van der Waals surface area (Å²) in [5.41, 5.74) is 0.0528.